The molecule has 104 valence electrons. The Morgan fingerprint density at radius 2 is 2.00 bits per heavy atom. The molecule has 0 saturated heterocycles. The van der Waals surface area contributed by atoms with Crippen LogP contribution in [0.1, 0.15) is 37.8 Å². The summed E-state index contributed by atoms with van der Waals surface area (Å²) < 4.78 is 27.4. The zero-order chi connectivity index (χ0) is 13.0. The summed E-state index contributed by atoms with van der Waals surface area (Å²) in [5.41, 5.74) is 5.44. The number of hydrogen-bond acceptors (Lipinski definition) is 2. The maximum atomic E-state index is 13.7. The van der Waals surface area contributed by atoms with E-state index in [1.54, 1.807) is 0 Å². The van der Waals surface area contributed by atoms with Crippen molar-refractivity contribution >= 4 is 28.3 Å². The first kappa shape index (κ1) is 17.8. The van der Waals surface area contributed by atoms with Crippen molar-refractivity contribution in [2.24, 2.45) is 5.73 Å². The summed E-state index contributed by atoms with van der Waals surface area (Å²) >= 11 is 2.97. The van der Waals surface area contributed by atoms with Crippen LogP contribution in [0.5, 0.6) is 0 Å². The molecule has 0 spiro atoms. The lowest BCUT2D eigenvalue weighted by atomic mass is 9.97. The molecule has 0 aliphatic heterocycles. The lowest BCUT2D eigenvalue weighted by Gasteiger charge is -2.20. The Bertz CT molecular complexity index is 393. The van der Waals surface area contributed by atoms with Gasteiger partial charge in [0.15, 0.2) is 0 Å². The Balaban J connectivity index is 0.00000289. The first-order valence-electron chi connectivity index (χ1n) is 5.56. The van der Waals surface area contributed by atoms with E-state index in [2.05, 4.69) is 15.9 Å². The maximum absolute atomic E-state index is 13.7. The van der Waals surface area contributed by atoms with Gasteiger partial charge in [0.25, 0.3) is 0 Å². The van der Waals surface area contributed by atoms with Crippen molar-refractivity contribution in [3.63, 3.8) is 0 Å². The molecule has 0 fully saturated rings. The normalized spacial score (nSPS) is 13.9. The minimum Gasteiger partial charge on any atom is -0.391 e. The van der Waals surface area contributed by atoms with Crippen molar-refractivity contribution in [3.05, 3.63) is 33.8 Å². The predicted octanol–water partition coefficient (Wildman–Crippen LogP) is 3.70. The van der Waals surface area contributed by atoms with Crippen molar-refractivity contribution in [3.8, 4) is 0 Å². The fourth-order valence-corrected chi connectivity index (χ4v) is 1.98. The van der Waals surface area contributed by atoms with Crippen LogP contribution >= 0.6 is 28.3 Å². The third-order valence-electron chi connectivity index (χ3n) is 2.68. The van der Waals surface area contributed by atoms with Gasteiger partial charge < -0.3 is 10.8 Å². The van der Waals surface area contributed by atoms with E-state index in [0.29, 0.717) is 6.42 Å². The number of aliphatic hydroxyl groups is 1. The van der Waals surface area contributed by atoms with Crippen molar-refractivity contribution in [1.29, 1.82) is 0 Å². The van der Waals surface area contributed by atoms with E-state index in [4.69, 9.17) is 5.73 Å². The molecule has 0 radical (unpaired) electrons. The summed E-state index contributed by atoms with van der Waals surface area (Å²) in [7, 11) is 0. The number of unbranched alkanes of at least 4 members (excludes halogenated alkanes) is 1. The van der Waals surface area contributed by atoms with Gasteiger partial charge in [-0.3, -0.25) is 0 Å². The van der Waals surface area contributed by atoms with Crippen molar-refractivity contribution < 1.29 is 13.9 Å². The van der Waals surface area contributed by atoms with Gasteiger partial charge in [0, 0.05) is 5.56 Å². The Hall–Kier alpha value is -0.230. The lowest BCUT2D eigenvalue weighted by Crippen LogP contribution is -2.28. The number of benzene rings is 1. The molecular weight excluding hydrogens is 327 g/mol. The summed E-state index contributed by atoms with van der Waals surface area (Å²) in [5, 5.41) is 9.77. The van der Waals surface area contributed by atoms with E-state index in [1.807, 2.05) is 6.92 Å². The lowest BCUT2D eigenvalue weighted by molar-refractivity contribution is 0.129. The number of aliphatic hydroxyl groups excluding tert-OH is 1. The molecule has 1 aromatic carbocycles. The van der Waals surface area contributed by atoms with Gasteiger partial charge in [0.2, 0.25) is 0 Å². The number of rotatable bonds is 5. The first-order valence-corrected chi connectivity index (χ1v) is 6.35. The molecule has 0 heterocycles. The SMILES string of the molecule is CCCC[C@H](O)[C@H](N)c1c(F)ccc(Br)c1F.Cl. The summed E-state index contributed by atoms with van der Waals surface area (Å²) in [6.07, 6.45) is 1.16. The largest absolute Gasteiger partial charge is 0.391 e. The second-order valence-corrected chi connectivity index (χ2v) is 4.85. The van der Waals surface area contributed by atoms with Crippen LogP contribution < -0.4 is 5.73 Å². The second-order valence-electron chi connectivity index (χ2n) is 3.99. The van der Waals surface area contributed by atoms with Gasteiger partial charge in [-0.15, -0.1) is 12.4 Å². The molecule has 1 rings (SSSR count). The molecule has 0 aromatic heterocycles. The molecule has 0 unspecified atom stereocenters. The Morgan fingerprint density at radius 3 is 2.56 bits per heavy atom. The topological polar surface area (TPSA) is 46.2 Å². The molecular formula is C12H17BrClF2NO. The summed E-state index contributed by atoms with van der Waals surface area (Å²) in [6.45, 7) is 1.97. The standard InChI is InChI=1S/C12H16BrF2NO.ClH/c1-2-3-4-9(17)12(16)10-8(14)6-5-7(13)11(10)15;/h5-6,9,12,17H,2-4,16H2,1H3;1H/t9-,12-;/m0./s1. The molecule has 6 heteroatoms. The first-order chi connectivity index (χ1) is 7.99. The molecule has 3 N–H and O–H groups in total. The van der Waals surface area contributed by atoms with Crippen LogP contribution in [0.15, 0.2) is 16.6 Å². The number of nitrogens with two attached hydrogens (primary N) is 1. The average molecular weight is 345 g/mol. The smallest absolute Gasteiger partial charge is 0.145 e. The van der Waals surface area contributed by atoms with Crippen LogP contribution in [0.4, 0.5) is 8.78 Å². The number of hydrogen-bond donors (Lipinski definition) is 2. The fraction of sp³-hybridized carbons (Fsp3) is 0.500. The van der Waals surface area contributed by atoms with Gasteiger partial charge in [0.05, 0.1) is 16.6 Å². The minimum atomic E-state index is -1.04. The van der Waals surface area contributed by atoms with Crippen molar-refractivity contribution in [2.45, 2.75) is 38.3 Å². The molecule has 0 bridgehead atoms. The predicted molar refractivity (Wildman–Crippen MR) is 73.8 cm³/mol. The molecule has 2 atom stereocenters. The molecule has 0 aliphatic carbocycles. The summed E-state index contributed by atoms with van der Waals surface area (Å²) in [6, 6.07) is 1.37. The second kappa shape index (κ2) is 8.04. The van der Waals surface area contributed by atoms with E-state index < -0.39 is 23.8 Å². The van der Waals surface area contributed by atoms with E-state index in [9.17, 15) is 13.9 Å². The summed E-state index contributed by atoms with van der Waals surface area (Å²) in [4.78, 5) is 0. The van der Waals surface area contributed by atoms with Crippen LogP contribution in [-0.4, -0.2) is 11.2 Å². The van der Waals surface area contributed by atoms with E-state index in [0.717, 1.165) is 18.9 Å². The highest BCUT2D eigenvalue weighted by Crippen LogP contribution is 2.28. The van der Waals surface area contributed by atoms with E-state index >= 15 is 0 Å². The molecule has 0 amide bonds. The van der Waals surface area contributed by atoms with E-state index in [1.165, 1.54) is 6.07 Å². The quantitative estimate of drug-likeness (QED) is 0.800. The van der Waals surface area contributed by atoms with Crippen LogP contribution in [0.2, 0.25) is 0 Å². The minimum absolute atomic E-state index is 0. The van der Waals surface area contributed by atoms with Gasteiger partial charge in [0.1, 0.15) is 11.6 Å². The monoisotopic (exact) mass is 343 g/mol. The highest BCUT2D eigenvalue weighted by Gasteiger charge is 2.24. The Morgan fingerprint density at radius 1 is 1.39 bits per heavy atom. The average Bonchev–Trinajstić information content (AvgIpc) is 2.31. The highest BCUT2D eigenvalue weighted by molar-refractivity contribution is 9.10. The third kappa shape index (κ3) is 4.16. The van der Waals surface area contributed by atoms with Crippen LogP contribution in [-0.2, 0) is 0 Å². The van der Waals surface area contributed by atoms with Crippen LogP contribution in [0.25, 0.3) is 0 Å². The highest BCUT2D eigenvalue weighted by atomic mass is 79.9. The maximum Gasteiger partial charge on any atom is 0.145 e. The van der Waals surface area contributed by atoms with E-state index in [-0.39, 0.29) is 22.4 Å². The summed E-state index contributed by atoms with van der Waals surface area (Å²) in [5.74, 6) is -1.47. The van der Waals surface area contributed by atoms with Gasteiger partial charge in [-0.05, 0) is 34.5 Å². The van der Waals surface area contributed by atoms with Gasteiger partial charge in [-0.25, -0.2) is 8.78 Å². The van der Waals surface area contributed by atoms with Crippen molar-refractivity contribution in [1.82, 2.24) is 0 Å². The van der Waals surface area contributed by atoms with Crippen LogP contribution in [0.3, 0.4) is 0 Å². The molecule has 1 aromatic rings. The zero-order valence-electron chi connectivity index (χ0n) is 10.00. The fourth-order valence-electron chi connectivity index (χ4n) is 1.63. The van der Waals surface area contributed by atoms with Gasteiger partial charge in [-0.2, -0.15) is 0 Å². The van der Waals surface area contributed by atoms with Crippen molar-refractivity contribution in [2.75, 3.05) is 0 Å². The van der Waals surface area contributed by atoms with Crippen LogP contribution in [0, 0.1) is 11.6 Å². The molecule has 2 nitrogen and oxygen atoms in total. The molecule has 0 aliphatic rings. The van der Waals surface area contributed by atoms with Gasteiger partial charge in [-0.1, -0.05) is 19.8 Å². The van der Waals surface area contributed by atoms with Gasteiger partial charge >= 0.3 is 0 Å². The zero-order valence-corrected chi connectivity index (χ0v) is 12.4. The number of halogens is 4. The Kier molecular flexibility index (Phi) is 7.94. The molecule has 0 saturated carbocycles. The Labute approximate surface area is 120 Å². The molecule has 18 heavy (non-hydrogen) atoms. The third-order valence-corrected chi connectivity index (χ3v) is 3.29.